The first-order chi connectivity index (χ1) is 13.2. The average Bonchev–Trinajstić information content (AvgIpc) is 2.65. The van der Waals surface area contributed by atoms with E-state index < -0.39 is 23.8 Å². The standard InChI is InChI=1S/C20H19F3N2O3/c1-24(2)19(27)17-12-25(15-8-3-4-9-16(15)28-17)18(26)11-13-6-5-7-14(10-13)20(21,22)23/h3-10,17H,11-12H2,1-2H3/t17-/m1/s1. The predicted molar refractivity (Wildman–Crippen MR) is 97.1 cm³/mol. The van der Waals surface area contributed by atoms with Crippen LogP contribution in [0.3, 0.4) is 0 Å². The molecule has 0 saturated carbocycles. The molecular weight excluding hydrogens is 373 g/mol. The summed E-state index contributed by atoms with van der Waals surface area (Å²) in [5.41, 5.74) is -0.0672. The van der Waals surface area contributed by atoms with Crippen molar-refractivity contribution in [1.82, 2.24) is 4.90 Å². The maximum atomic E-state index is 12.9. The number of benzene rings is 2. The number of hydrogen-bond donors (Lipinski definition) is 0. The third kappa shape index (κ3) is 4.11. The van der Waals surface area contributed by atoms with Crippen molar-refractivity contribution in [3.8, 4) is 5.75 Å². The Bertz CT molecular complexity index is 896. The number of hydrogen-bond acceptors (Lipinski definition) is 3. The van der Waals surface area contributed by atoms with E-state index in [0.717, 1.165) is 12.1 Å². The molecule has 148 valence electrons. The van der Waals surface area contributed by atoms with Gasteiger partial charge in [-0.15, -0.1) is 0 Å². The van der Waals surface area contributed by atoms with Crippen LogP contribution >= 0.6 is 0 Å². The number of alkyl halides is 3. The fourth-order valence-electron chi connectivity index (χ4n) is 3.01. The van der Waals surface area contributed by atoms with E-state index >= 15 is 0 Å². The van der Waals surface area contributed by atoms with E-state index in [9.17, 15) is 22.8 Å². The van der Waals surface area contributed by atoms with Crippen molar-refractivity contribution < 1.29 is 27.5 Å². The molecule has 1 heterocycles. The van der Waals surface area contributed by atoms with Crippen molar-refractivity contribution in [3.05, 3.63) is 59.7 Å². The number of ether oxygens (including phenoxy) is 1. The Morgan fingerprint density at radius 1 is 1.14 bits per heavy atom. The molecule has 5 nitrogen and oxygen atoms in total. The van der Waals surface area contributed by atoms with Crippen molar-refractivity contribution in [3.63, 3.8) is 0 Å². The molecule has 0 bridgehead atoms. The highest BCUT2D eigenvalue weighted by atomic mass is 19.4. The molecule has 0 unspecified atom stereocenters. The van der Waals surface area contributed by atoms with Crippen molar-refractivity contribution in [2.45, 2.75) is 18.7 Å². The van der Waals surface area contributed by atoms with Gasteiger partial charge in [0.2, 0.25) is 5.91 Å². The Hall–Kier alpha value is -3.03. The van der Waals surface area contributed by atoms with E-state index in [-0.39, 0.29) is 24.4 Å². The van der Waals surface area contributed by atoms with E-state index in [1.165, 1.54) is 21.9 Å². The molecule has 2 aromatic carbocycles. The van der Waals surface area contributed by atoms with Gasteiger partial charge in [0.05, 0.1) is 24.2 Å². The van der Waals surface area contributed by atoms with E-state index in [0.29, 0.717) is 11.4 Å². The summed E-state index contributed by atoms with van der Waals surface area (Å²) in [6.07, 6.45) is -5.58. The van der Waals surface area contributed by atoms with Gasteiger partial charge in [0.1, 0.15) is 5.75 Å². The van der Waals surface area contributed by atoms with Gasteiger partial charge >= 0.3 is 6.18 Å². The molecule has 0 fully saturated rings. The summed E-state index contributed by atoms with van der Waals surface area (Å²) in [6.45, 7) is -0.00811. The maximum absolute atomic E-state index is 12.9. The number of anilines is 1. The molecule has 1 aliphatic heterocycles. The molecule has 28 heavy (non-hydrogen) atoms. The number of halogens is 3. The van der Waals surface area contributed by atoms with Crippen LogP contribution in [0.15, 0.2) is 48.5 Å². The molecular formula is C20H19F3N2O3. The zero-order valence-corrected chi connectivity index (χ0v) is 15.4. The highest BCUT2D eigenvalue weighted by molar-refractivity contribution is 5.98. The normalized spacial score (nSPS) is 16.2. The number of fused-ring (bicyclic) bond motifs is 1. The van der Waals surface area contributed by atoms with E-state index in [2.05, 4.69) is 0 Å². The fraction of sp³-hybridized carbons (Fsp3) is 0.300. The average molecular weight is 392 g/mol. The minimum atomic E-state index is -4.48. The van der Waals surface area contributed by atoms with E-state index in [4.69, 9.17) is 4.74 Å². The van der Waals surface area contributed by atoms with Crippen molar-refractivity contribution in [2.24, 2.45) is 0 Å². The highest BCUT2D eigenvalue weighted by Crippen LogP contribution is 2.34. The zero-order chi connectivity index (χ0) is 20.5. The lowest BCUT2D eigenvalue weighted by atomic mass is 10.1. The number of carbonyl (C=O) groups is 2. The highest BCUT2D eigenvalue weighted by Gasteiger charge is 2.35. The Morgan fingerprint density at radius 3 is 2.54 bits per heavy atom. The fourth-order valence-corrected chi connectivity index (χ4v) is 3.01. The molecule has 0 aliphatic carbocycles. The van der Waals surface area contributed by atoms with Gasteiger partial charge in [-0.1, -0.05) is 30.3 Å². The number of amides is 2. The third-order valence-corrected chi connectivity index (χ3v) is 4.40. The van der Waals surface area contributed by atoms with Gasteiger partial charge in [0, 0.05) is 14.1 Å². The van der Waals surface area contributed by atoms with Crippen LogP contribution in [0.4, 0.5) is 18.9 Å². The summed E-state index contributed by atoms with van der Waals surface area (Å²) in [6, 6.07) is 11.4. The topological polar surface area (TPSA) is 49.9 Å². The van der Waals surface area contributed by atoms with Gasteiger partial charge in [-0.25, -0.2) is 0 Å². The number of carbonyl (C=O) groups excluding carboxylic acids is 2. The van der Waals surface area contributed by atoms with E-state index in [1.54, 1.807) is 38.4 Å². The minimum Gasteiger partial charge on any atom is -0.476 e. The van der Waals surface area contributed by atoms with Gasteiger partial charge in [-0.3, -0.25) is 9.59 Å². The summed E-state index contributed by atoms with van der Waals surface area (Å²) in [7, 11) is 3.17. The third-order valence-electron chi connectivity index (χ3n) is 4.40. The summed E-state index contributed by atoms with van der Waals surface area (Å²) in [5, 5.41) is 0. The summed E-state index contributed by atoms with van der Waals surface area (Å²) in [4.78, 5) is 28.0. The molecule has 3 rings (SSSR count). The summed E-state index contributed by atoms with van der Waals surface area (Å²) < 4.78 is 44.5. The quantitative estimate of drug-likeness (QED) is 0.807. The molecule has 0 N–H and O–H groups in total. The second-order valence-corrected chi connectivity index (χ2v) is 6.69. The van der Waals surface area contributed by atoms with Gasteiger partial charge in [0.15, 0.2) is 6.10 Å². The molecule has 8 heteroatoms. The Morgan fingerprint density at radius 2 is 1.86 bits per heavy atom. The lowest BCUT2D eigenvalue weighted by Crippen LogP contribution is -2.50. The van der Waals surface area contributed by atoms with Crippen LogP contribution in [0.5, 0.6) is 5.75 Å². The number of rotatable bonds is 3. The van der Waals surface area contributed by atoms with Crippen molar-refractivity contribution in [2.75, 3.05) is 25.5 Å². The molecule has 0 saturated heterocycles. The SMILES string of the molecule is CN(C)C(=O)[C@H]1CN(C(=O)Cc2cccc(C(F)(F)F)c2)c2ccccc2O1. The van der Waals surface area contributed by atoms with Gasteiger partial charge < -0.3 is 14.5 Å². The predicted octanol–water partition coefficient (Wildman–Crippen LogP) is 3.13. The van der Waals surface area contributed by atoms with Crippen LogP contribution in [0.1, 0.15) is 11.1 Å². The van der Waals surface area contributed by atoms with Crippen LogP contribution in [-0.2, 0) is 22.2 Å². The first-order valence-corrected chi connectivity index (χ1v) is 8.60. The second-order valence-electron chi connectivity index (χ2n) is 6.69. The second kappa shape index (κ2) is 7.53. The van der Waals surface area contributed by atoms with Crippen LogP contribution in [0.25, 0.3) is 0 Å². The van der Waals surface area contributed by atoms with Gasteiger partial charge in [0.25, 0.3) is 5.91 Å². The number of likely N-dealkylation sites (N-methyl/N-ethyl adjacent to an activating group) is 1. The molecule has 2 aromatic rings. The Kier molecular flexibility index (Phi) is 5.31. The lowest BCUT2D eigenvalue weighted by Gasteiger charge is -2.35. The van der Waals surface area contributed by atoms with Crippen molar-refractivity contribution in [1.29, 1.82) is 0 Å². The summed E-state index contributed by atoms with van der Waals surface area (Å²) >= 11 is 0. The van der Waals surface area contributed by atoms with Gasteiger partial charge in [-0.2, -0.15) is 13.2 Å². The number of nitrogens with zero attached hydrogens (tertiary/aromatic N) is 2. The first-order valence-electron chi connectivity index (χ1n) is 8.60. The van der Waals surface area contributed by atoms with Crippen molar-refractivity contribution >= 4 is 17.5 Å². The van der Waals surface area contributed by atoms with Crippen LogP contribution < -0.4 is 9.64 Å². The molecule has 1 atom stereocenters. The lowest BCUT2D eigenvalue weighted by molar-refractivity contribution is -0.138. The molecule has 1 aliphatic rings. The zero-order valence-electron chi connectivity index (χ0n) is 15.4. The smallest absolute Gasteiger partial charge is 0.416 e. The largest absolute Gasteiger partial charge is 0.476 e. The minimum absolute atomic E-state index is 0.00811. The molecule has 0 radical (unpaired) electrons. The Labute approximate surface area is 160 Å². The maximum Gasteiger partial charge on any atom is 0.416 e. The first kappa shape index (κ1) is 19.7. The molecule has 2 amide bonds. The monoisotopic (exact) mass is 392 g/mol. The summed E-state index contributed by atoms with van der Waals surface area (Å²) in [5.74, 6) is -0.329. The van der Waals surface area contributed by atoms with Crippen LogP contribution in [-0.4, -0.2) is 43.5 Å². The van der Waals surface area contributed by atoms with Crippen LogP contribution in [0.2, 0.25) is 0 Å². The van der Waals surface area contributed by atoms with E-state index in [1.807, 2.05) is 0 Å². The number of para-hydroxylation sites is 2. The molecule has 0 aromatic heterocycles. The molecule has 0 spiro atoms. The van der Waals surface area contributed by atoms with Crippen LogP contribution in [0, 0.1) is 0 Å². The Balaban J connectivity index is 1.87. The van der Waals surface area contributed by atoms with Gasteiger partial charge in [-0.05, 0) is 23.8 Å².